The maximum atomic E-state index is 13.2. The number of hydrogen-bond acceptors (Lipinski definition) is 6. The van der Waals surface area contributed by atoms with Gasteiger partial charge in [0.05, 0.1) is 22.2 Å². The molecule has 3 aromatic carbocycles. The molecule has 0 unspecified atom stereocenters. The van der Waals surface area contributed by atoms with Gasteiger partial charge in [-0.1, -0.05) is 59.6 Å². The van der Waals surface area contributed by atoms with Gasteiger partial charge in [-0.3, -0.25) is 4.72 Å². The number of fused-ring (bicyclic) bond motifs is 1. The van der Waals surface area contributed by atoms with Gasteiger partial charge in [0.1, 0.15) is 22.9 Å². The Bertz CT molecular complexity index is 1570. The highest BCUT2D eigenvalue weighted by atomic mass is 35.5. The van der Waals surface area contributed by atoms with Crippen molar-refractivity contribution in [2.24, 2.45) is 5.92 Å². The van der Waals surface area contributed by atoms with Gasteiger partial charge in [-0.25, -0.2) is 13.4 Å². The highest BCUT2D eigenvalue weighted by Gasteiger charge is 2.21. The number of hydrogen-bond donors (Lipinski definition) is 1. The number of nitrogens with zero attached hydrogens (tertiary/aromatic N) is 2. The fraction of sp³-hybridized carbons (Fsp3) is 0.276. The van der Waals surface area contributed by atoms with Crippen molar-refractivity contribution in [1.82, 2.24) is 9.88 Å². The number of pyridine rings is 1. The summed E-state index contributed by atoms with van der Waals surface area (Å²) in [6.45, 7) is 2.87. The Morgan fingerprint density at radius 3 is 2.49 bits per heavy atom. The van der Waals surface area contributed by atoms with Crippen molar-refractivity contribution in [1.29, 1.82) is 0 Å². The molecule has 1 aliphatic rings. The lowest BCUT2D eigenvalue weighted by Gasteiger charge is -2.28. The maximum Gasteiger partial charge on any atom is 0.263 e. The van der Waals surface area contributed by atoms with Crippen molar-refractivity contribution in [2.75, 3.05) is 31.5 Å². The third-order valence-corrected chi connectivity index (χ3v) is 8.92. The van der Waals surface area contributed by atoms with Crippen LogP contribution in [0, 0.1) is 5.92 Å². The third kappa shape index (κ3) is 6.76. The smallest absolute Gasteiger partial charge is 0.263 e. The number of anilines is 1. The molecule has 1 aliphatic heterocycles. The normalized spacial score (nSPS) is 14.8. The van der Waals surface area contributed by atoms with E-state index in [9.17, 15) is 8.42 Å². The molecule has 1 aromatic heterocycles. The largest absolute Gasteiger partial charge is 0.492 e. The zero-order chi connectivity index (χ0) is 27.4. The molecular weight excluding hydrogens is 557 g/mol. The predicted octanol–water partition coefficient (Wildman–Crippen LogP) is 6.64. The summed E-state index contributed by atoms with van der Waals surface area (Å²) in [5.41, 5.74) is 1.69. The van der Waals surface area contributed by atoms with E-state index < -0.39 is 10.0 Å². The third-order valence-electron chi connectivity index (χ3n) is 6.74. The molecule has 0 aliphatic carbocycles. The average molecular weight is 587 g/mol. The van der Waals surface area contributed by atoms with Crippen molar-refractivity contribution in [3.8, 4) is 11.6 Å². The first-order valence-corrected chi connectivity index (χ1v) is 14.9. The molecule has 0 spiro atoms. The van der Waals surface area contributed by atoms with Crippen molar-refractivity contribution in [3.05, 3.63) is 88.4 Å². The van der Waals surface area contributed by atoms with Gasteiger partial charge >= 0.3 is 0 Å². The minimum atomic E-state index is -3.99. The Labute approximate surface area is 238 Å². The summed E-state index contributed by atoms with van der Waals surface area (Å²) in [6, 6.07) is 20.8. The molecule has 0 atom stereocenters. The van der Waals surface area contributed by atoms with Crippen LogP contribution in [-0.2, 0) is 16.6 Å². The average Bonchev–Trinajstić information content (AvgIpc) is 2.92. The summed E-state index contributed by atoms with van der Waals surface area (Å²) >= 11 is 12.6. The molecule has 0 amide bonds. The summed E-state index contributed by atoms with van der Waals surface area (Å²) in [5, 5.41) is 1.41. The number of para-hydroxylation sites is 1. The van der Waals surface area contributed by atoms with Crippen LogP contribution in [0.1, 0.15) is 18.4 Å². The van der Waals surface area contributed by atoms with E-state index in [2.05, 4.69) is 21.7 Å². The van der Waals surface area contributed by atoms with Gasteiger partial charge in [-0.15, -0.1) is 0 Å². The molecule has 4 aromatic rings. The monoisotopic (exact) mass is 585 g/mol. The molecule has 204 valence electrons. The van der Waals surface area contributed by atoms with Gasteiger partial charge in [-0.05, 0) is 80.9 Å². The van der Waals surface area contributed by atoms with Crippen LogP contribution in [0.25, 0.3) is 10.9 Å². The number of benzene rings is 3. The number of sulfonamides is 1. The summed E-state index contributed by atoms with van der Waals surface area (Å²) in [4.78, 5) is 6.88. The number of aromatic nitrogens is 1. The van der Waals surface area contributed by atoms with Gasteiger partial charge in [0.2, 0.25) is 5.88 Å². The Morgan fingerprint density at radius 2 is 1.69 bits per heavy atom. The lowest BCUT2D eigenvalue weighted by Crippen LogP contribution is -2.32. The van der Waals surface area contributed by atoms with E-state index >= 15 is 0 Å². The Hall–Kier alpha value is -3.04. The van der Waals surface area contributed by atoms with Crippen LogP contribution < -0.4 is 14.2 Å². The van der Waals surface area contributed by atoms with Gasteiger partial charge in [0.25, 0.3) is 10.0 Å². The molecular formula is C29H29Cl2N3O4S. The molecule has 1 N–H and O–H groups in total. The molecule has 0 bridgehead atoms. The molecule has 1 fully saturated rings. The number of piperidine rings is 1. The molecule has 1 saturated heterocycles. The van der Waals surface area contributed by atoms with E-state index in [0.29, 0.717) is 28.8 Å². The highest BCUT2D eigenvalue weighted by molar-refractivity contribution is 7.92. The minimum absolute atomic E-state index is 0.0325. The molecule has 2 heterocycles. The van der Waals surface area contributed by atoms with Crippen LogP contribution in [-0.4, -0.2) is 45.0 Å². The first-order valence-electron chi connectivity index (χ1n) is 12.7. The number of nitrogens with one attached hydrogen (secondary N) is 1. The number of rotatable bonds is 9. The molecule has 10 heteroatoms. The van der Waals surface area contributed by atoms with Crippen LogP contribution in [0.15, 0.2) is 77.7 Å². The van der Waals surface area contributed by atoms with E-state index in [-0.39, 0.29) is 28.1 Å². The molecule has 7 nitrogen and oxygen atoms in total. The van der Waals surface area contributed by atoms with Crippen LogP contribution in [0.2, 0.25) is 10.0 Å². The number of halogens is 2. The van der Waals surface area contributed by atoms with Gasteiger partial charge in [-0.2, -0.15) is 0 Å². The molecule has 39 heavy (non-hydrogen) atoms. The number of likely N-dealkylation sites (tertiary alicyclic amines) is 1. The second-order valence-corrected chi connectivity index (χ2v) is 12.1. The zero-order valence-corrected chi connectivity index (χ0v) is 23.8. The van der Waals surface area contributed by atoms with E-state index in [1.807, 2.05) is 36.4 Å². The van der Waals surface area contributed by atoms with Gasteiger partial charge < -0.3 is 14.4 Å². The quantitative estimate of drug-likeness (QED) is 0.237. The van der Waals surface area contributed by atoms with Crippen LogP contribution in [0.5, 0.6) is 11.6 Å². The summed E-state index contributed by atoms with van der Waals surface area (Å²) < 4.78 is 41.1. The molecule has 0 saturated carbocycles. The van der Waals surface area contributed by atoms with Crippen LogP contribution in [0.4, 0.5) is 5.69 Å². The Kier molecular flexibility index (Phi) is 8.47. The van der Waals surface area contributed by atoms with E-state index in [1.165, 1.54) is 12.1 Å². The van der Waals surface area contributed by atoms with Crippen molar-refractivity contribution < 1.29 is 17.9 Å². The predicted molar refractivity (Wildman–Crippen MR) is 156 cm³/mol. The first-order chi connectivity index (χ1) is 18.8. The summed E-state index contributed by atoms with van der Waals surface area (Å²) in [7, 11) is -1.86. The van der Waals surface area contributed by atoms with Gasteiger partial charge in [0.15, 0.2) is 0 Å². The Morgan fingerprint density at radius 1 is 0.949 bits per heavy atom. The standard InChI is InChI=1S/C29H29Cl2N3O4S/c1-34-14-12-20(13-15-34)18-37-27-16-21(10-11-23(27)30)19-38-29-26(17-22-6-2-4-8-25(22)32-29)33-39(35,36)28-9-5-3-7-24(28)31/h2-11,16-17,20,33H,12-15,18-19H2,1H3. The van der Waals surface area contributed by atoms with Crippen molar-refractivity contribution in [3.63, 3.8) is 0 Å². The first kappa shape index (κ1) is 27.5. The zero-order valence-electron chi connectivity index (χ0n) is 21.4. The maximum absolute atomic E-state index is 13.2. The second kappa shape index (κ2) is 12.0. The van der Waals surface area contributed by atoms with Crippen molar-refractivity contribution in [2.45, 2.75) is 24.3 Å². The second-order valence-electron chi connectivity index (χ2n) is 9.68. The lowest BCUT2D eigenvalue weighted by atomic mass is 9.98. The fourth-order valence-electron chi connectivity index (χ4n) is 4.48. The lowest BCUT2D eigenvalue weighted by molar-refractivity contribution is 0.160. The van der Waals surface area contributed by atoms with Crippen LogP contribution >= 0.6 is 23.2 Å². The Balaban J connectivity index is 1.36. The summed E-state index contributed by atoms with van der Waals surface area (Å²) in [5.74, 6) is 1.24. The highest BCUT2D eigenvalue weighted by Crippen LogP contribution is 2.32. The van der Waals surface area contributed by atoms with E-state index in [0.717, 1.165) is 36.9 Å². The SMILES string of the molecule is CN1CCC(COc2cc(COc3nc4ccccc4cc3NS(=O)(=O)c3ccccc3Cl)ccc2Cl)CC1. The minimum Gasteiger partial charge on any atom is -0.492 e. The van der Waals surface area contributed by atoms with Gasteiger partial charge in [0, 0.05) is 5.39 Å². The molecule has 5 rings (SSSR count). The molecule has 0 radical (unpaired) electrons. The fourth-order valence-corrected chi connectivity index (χ4v) is 6.22. The van der Waals surface area contributed by atoms with Crippen LogP contribution in [0.3, 0.4) is 0 Å². The summed E-state index contributed by atoms with van der Waals surface area (Å²) in [6.07, 6.45) is 2.19. The topological polar surface area (TPSA) is 80.8 Å². The number of ether oxygens (including phenoxy) is 2. The van der Waals surface area contributed by atoms with E-state index in [4.69, 9.17) is 32.7 Å². The van der Waals surface area contributed by atoms with Crippen molar-refractivity contribution >= 4 is 49.8 Å². The van der Waals surface area contributed by atoms with E-state index in [1.54, 1.807) is 24.3 Å².